The molecule has 0 saturated carbocycles. The van der Waals surface area contributed by atoms with E-state index in [1.54, 1.807) is 0 Å². The average Bonchev–Trinajstić information content (AvgIpc) is 2.28. The first-order chi connectivity index (χ1) is 8.17. The summed E-state index contributed by atoms with van der Waals surface area (Å²) in [6, 6.07) is -0.450. The number of aliphatic carboxylic acids is 1. The van der Waals surface area contributed by atoms with Crippen LogP contribution >= 0.6 is 0 Å². The first-order valence-electron chi connectivity index (χ1n) is 6.59. The monoisotopic (exact) mass is 242 g/mol. The number of hydrogen-bond donors (Lipinski definition) is 3. The summed E-state index contributed by atoms with van der Waals surface area (Å²) in [5.41, 5.74) is 0. The van der Waals surface area contributed by atoms with Crippen LogP contribution in [0.2, 0.25) is 6.32 Å². The molecule has 0 aliphatic rings. The summed E-state index contributed by atoms with van der Waals surface area (Å²) in [6.45, 7) is 4.81. The molecule has 5 heteroatoms. The van der Waals surface area contributed by atoms with Crippen LogP contribution in [0.15, 0.2) is 0 Å². The Bertz CT molecular complexity index is 196. The van der Waals surface area contributed by atoms with Crippen molar-refractivity contribution in [2.45, 2.75) is 58.3 Å². The number of nitrogens with one attached hydrogen (secondary N) is 1. The van der Waals surface area contributed by atoms with Crippen molar-refractivity contribution in [1.29, 1.82) is 0 Å². The van der Waals surface area contributed by atoms with E-state index in [9.17, 15) is 9.90 Å². The van der Waals surface area contributed by atoms with Gasteiger partial charge >= 0.3 is 5.97 Å². The highest BCUT2D eigenvalue weighted by Crippen LogP contribution is 2.18. The van der Waals surface area contributed by atoms with Gasteiger partial charge in [0.15, 0.2) is 0 Å². The summed E-state index contributed by atoms with van der Waals surface area (Å²) in [5.74, 6) is -0.550. The SMILES string of the molecule is CCCC(CCC)C(NCCC[B]O)C(=O)O. The van der Waals surface area contributed by atoms with Gasteiger partial charge in [-0.3, -0.25) is 4.79 Å². The Morgan fingerprint density at radius 3 is 2.29 bits per heavy atom. The van der Waals surface area contributed by atoms with Crippen molar-refractivity contribution in [3.05, 3.63) is 0 Å². The molecule has 3 N–H and O–H groups in total. The maximum atomic E-state index is 11.2. The van der Waals surface area contributed by atoms with E-state index in [2.05, 4.69) is 19.2 Å². The molecule has 0 aliphatic carbocycles. The van der Waals surface area contributed by atoms with E-state index in [1.165, 1.54) is 0 Å². The largest absolute Gasteiger partial charge is 0.480 e. The maximum absolute atomic E-state index is 11.2. The van der Waals surface area contributed by atoms with Gasteiger partial charge in [-0.05, 0) is 31.7 Å². The van der Waals surface area contributed by atoms with Crippen molar-refractivity contribution >= 4 is 13.5 Å². The maximum Gasteiger partial charge on any atom is 0.320 e. The van der Waals surface area contributed by atoms with Crippen molar-refractivity contribution in [2.24, 2.45) is 5.92 Å². The van der Waals surface area contributed by atoms with Crippen LogP contribution in [0.5, 0.6) is 0 Å². The first-order valence-corrected chi connectivity index (χ1v) is 6.59. The predicted molar refractivity (Wildman–Crippen MR) is 70.1 cm³/mol. The number of carboxylic acids is 1. The zero-order valence-electron chi connectivity index (χ0n) is 11.0. The first kappa shape index (κ1) is 16.5. The van der Waals surface area contributed by atoms with E-state index < -0.39 is 12.0 Å². The molecule has 0 amide bonds. The molecule has 17 heavy (non-hydrogen) atoms. The third-order valence-corrected chi connectivity index (χ3v) is 2.93. The topological polar surface area (TPSA) is 69.6 Å². The lowest BCUT2D eigenvalue weighted by molar-refractivity contribution is -0.141. The Labute approximate surface area is 105 Å². The van der Waals surface area contributed by atoms with Crippen LogP contribution in [-0.2, 0) is 4.79 Å². The van der Waals surface area contributed by atoms with E-state index in [0.29, 0.717) is 12.9 Å². The third kappa shape index (κ3) is 7.39. The zero-order valence-corrected chi connectivity index (χ0v) is 11.0. The predicted octanol–water partition coefficient (Wildman–Crippen LogP) is 1.67. The molecular formula is C12H25BNO3. The molecule has 0 aromatic heterocycles. The Kier molecular flexibility index (Phi) is 10.3. The van der Waals surface area contributed by atoms with Gasteiger partial charge in [-0.1, -0.05) is 33.0 Å². The smallest absolute Gasteiger partial charge is 0.320 e. The highest BCUT2D eigenvalue weighted by Gasteiger charge is 2.25. The molecule has 0 fully saturated rings. The fraction of sp³-hybridized carbons (Fsp3) is 0.917. The number of hydrogen-bond acceptors (Lipinski definition) is 3. The minimum atomic E-state index is -0.759. The van der Waals surface area contributed by atoms with Crippen LogP contribution in [0.25, 0.3) is 0 Å². The molecule has 99 valence electrons. The standard InChI is InChI=1S/C12H25BNO3/c1-3-6-10(7-4-2)11(12(15)16)14-9-5-8-13-17/h10-11,14,17H,3-9H2,1-2H3,(H,15,16). The van der Waals surface area contributed by atoms with Crippen molar-refractivity contribution in [3.63, 3.8) is 0 Å². The van der Waals surface area contributed by atoms with Crippen molar-refractivity contribution in [1.82, 2.24) is 5.32 Å². The normalized spacial score (nSPS) is 12.7. The summed E-state index contributed by atoms with van der Waals surface area (Å²) in [6.07, 6.45) is 5.30. The molecule has 0 aromatic rings. The third-order valence-electron chi connectivity index (χ3n) is 2.93. The molecule has 0 aromatic carbocycles. The van der Waals surface area contributed by atoms with Gasteiger partial charge in [-0.25, -0.2) is 0 Å². The van der Waals surface area contributed by atoms with Gasteiger partial charge in [0.1, 0.15) is 6.04 Å². The second-order valence-corrected chi connectivity index (χ2v) is 4.43. The minimum Gasteiger partial charge on any atom is -0.480 e. The lowest BCUT2D eigenvalue weighted by Crippen LogP contribution is -2.43. The van der Waals surface area contributed by atoms with Gasteiger partial charge < -0.3 is 15.4 Å². The number of carbonyl (C=O) groups is 1. The van der Waals surface area contributed by atoms with Crippen molar-refractivity contribution < 1.29 is 14.9 Å². The average molecular weight is 242 g/mol. The molecule has 0 aliphatic heterocycles. The van der Waals surface area contributed by atoms with E-state index >= 15 is 0 Å². The van der Waals surface area contributed by atoms with E-state index in [1.807, 2.05) is 0 Å². The summed E-state index contributed by atoms with van der Waals surface area (Å²) in [7, 11) is 1.12. The summed E-state index contributed by atoms with van der Waals surface area (Å²) in [5, 5.41) is 20.9. The highest BCUT2D eigenvalue weighted by atomic mass is 16.4. The Morgan fingerprint density at radius 2 is 1.88 bits per heavy atom. The minimum absolute atomic E-state index is 0.209. The van der Waals surface area contributed by atoms with Crippen LogP contribution in [0.1, 0.15) is 46.0 Å². The second-order valence-electron chi connectivity index (χ2n) is 4.43. The molecule has 0 bridgehead atoms. The highest BCUT2D eigenvalue weighted by molar-refractivity contribution is 6.25. The fourth-order valence-electron chi connectivity index (χ4n) is 2.13. The molecule has 0 spiro atoms. The van der Waals surface area contributed by atoms with Crippen LogP contribution in [0.4, 0.5) is 0 Å². The summed E-state index contributed by atoms with van der Waals surface area (Å²) < 4.78 is 0. The van der Waals surface area contributed by atoms with Crippen LogP contribution in [0, 0.1) is 5.92 Å². The van der Waals surface area contributed by atoms with Gasteiger partial charge in [0, 0.05) is 0 Å². The summed E-state index contributed by atoms with van der Waals surface area (Å²) >= 11 is 0. The van der Waals surface area contributed by atoms with Gasteiger partial charge in [0.2, 0.25) is 0 Å². The van der Waals surface area contributed by atoms with Crippen LogP contribution < -0.4 is 5.32 Å². The molecule has 1 atom stereocenters. The second kappa shape index (κ2) is 10.6. The van der Waals surface area contributed by atoms with Crippen LogP contribution in [0.3, 0.4) is 0 Å². The van der Waals surface area contributed by atoms with E-state index in [-0.39, 0.29) is 5.92 Å². The van der Waals surface area contributed by atoms with Gasteiger partial charge in [0.05, 0.1) is 0 Å². The van der Waals surface area contributed by atoms with Crippen molar-refractivity contribution in [3.8, 4) is 0 Å². The number of rotatable bonds is 11. The number of carboxylic acid groups (broad SMARTS) is 1. The Hall–Kier alpha value is -0.545. The van der Waals surface area contributed by atoms with Gasteiger partial charge in [-0.2, -0.15) is 0 Å². The van der Waals surface area contributed by atoms with E-state index in [4.69, 9.17) is 5.02 Å². The quantitative estimate of drug-likeness (QED) is 0.380. The molecule has 4 nitrogen and oxygen atoms in total. The molecule has 1 radical (unpaired) electrons. The molecule has 0 saturated heterocycles. The molecule has 0 rings (SSSR count). The van der Waals surface area contributed by atoms with Crippen LogP contribution in [-0.4, -0.2) is 36.2 Å². The van der Waals surface area contributed by atoms with Gasteiger partial charge in [-0.15, -0.1) is 0 Å². The molecular weight excluding hydrogens is 217 g/mol. The van der Waals surface area contributed by atoms with Crippen molar-refractivity contribution in [2.75, 3.05) is 6.54 Å². The molecule has 1 unspecified atom stereocenters. The van der Waals surface area contributed by atoms with Gasteiger partial charge in [0.25, 0.3) is 7.48 Å². The summed E-state index contributed by atoms with van der Waals surface area (Å²) in [4.78, 5) is 11.2. The zero-order chi connectivity index (χ0) is 13.1. The Morgan fingerprint density at radius 1 is 1.29 bits per heavy atom. The fourth-order valence-corrected chi connectivity index (χ4v) is 2.13. The van der Waals surface area contributed by atoms with E-state index in [0.717, 1.165) is 39.6 Å². The lowest BCUT2D eigenvalue weighted by atomic mass is 9.89. The lowest BCUT2D eigenvalue weighted by Gasteiger charge is -2.24. The molecule has 0 heterocycles. The Balaban J connectivity index is 4.20.